The summed E-state index contributed by atoms with van der Waals surface area (Å²) in [6, 6.07) is 0. The summed E-state index contributed by atoms with van der Waals surface area (Å²) in [5.74, 6) is 0.265. The molecule has 27 heavy (non-hydrogen) atoms. The lowest BCUT2D eigenvalue weighted by Crippen LogP contribution is -2.38. The van der Waals surface area contributed by atoms with Gasteiger partial charge in [-0.25, -0.2) is 9.78 Å². The van der Waals surface area contributed by atoms with Crippen LogP contribution in [0.1, 0.15) is 73.1 Å². The van der Waals surface area contributed by atoms with E-state index >= 15 is 0 Å². The maximum Gasteiger partial charge on any atom is 0.337 e. The number of hydrogen-bond donors (Lipinski definition) is 2. The molecule has 6 heteroatoms. The molecule has 1 saturated heterocycles. The quantitative estimate of drug-likeness (QED) is 0.794. The molecule has 0 radical (unpaired) electrons. The molecule has 0 spiro atoms. The van der Waals surface area contributed by atoms with E-state index < -0.39 is 12.1 Å². The summed E-state index contributed by atoms with van der Waals surface area (Å²) in [4.78, 5) is 19.1. The Labute approximate surface area is 161 Å². The lowest BCUT2D eigenvalue weighted by molar-refractivity contribution is 0.0559. The second-order valence-electron chi connectivity index (χ2n) is 8.90. The minimum Gasteiger partial charge on any atom is -0.478 e. The Kier molecular flexibility index (Phi) is 5.77. The smallest absolute Gasteiger partial charge is 0.337 e. The Hall–Kier alpha value is -1.66. The topological polar surface area (TPSA) is 82.9 Å². The second kappa shape index (κ2) is 7.76. The lowest BCUT2D eigenvalue weighted by Gasteiger charge is -2.32. The van der Waals surface area contributed by atoms with Gasteiger partial charge in [-0.2, -0.15) is 0 Å². The number of ether oxygens (including phenoxy) is 1. The molecular formula is C21H32N2O4. The Morgan fingerprint density at radius 2 is 1.93 bits per heavy atom. The zero-order valence-corrected chi connectivity index (χ0v) is 16.9. The molecule has 1 aromatic rings. The summed E-state index contributed by atoms with van der Waals surface area (Å²) in [7, 11) is 0. The van der Waals surface area contributed by atoms with Crippen LogP contribution in [0.15, 0.2) is 0 Å². The molecule has 1 saturated carbocycles. The third kappa shape index (κ3) is 4.43. The molecule has 2 N–H and O–H groups in total. The highest BCUT2D eigenvalue weighted by Crippen LogP contribution is 2.43. The molecule has 1 atom stereocenters. The third-order valence-electron chi connectivity index (χ3n) is 5.74. The van der Waals surface area contributed by atoms with Crippen molar-refractivity contribution >= 4 is 11.8 Å². The lowest BCUT2D eigenvalue weighted by atomic mass is 9.85. The summed E-state index contributed by atoms with van der Waals surface area (Å²) >= 11 is 0. The minimum atomic E-state index is -0.895. The number of pyridine rings is 1. The van der Waals surface area contributed by atoms with Crippen LogP contribution in [0.2, 0.25) is 0 Å². The zero-order valence-electron chi connectivity index (χ0n) is 16.9. The Morgan fingerprint density at radius 1 is 1.30 bits per heavy atom. The normalized spacial score (nSPS) is 19.2. The number of anilines is 1. The highest BCUT2D eigenvalue weighted by atomic mass is 16.5. The second-order valence-corrected chi connectivity index (χ2v) is 8.90. The van der Waals surface area contributed by atoms with E-state index in [0.29, 0.717) is 31.6 Å². The number of aromatic carboxylic acids is 1. The monoisotopic (exact) mass is 376 g/mol. The van der Waals surface area contributed by atoms with Crippen molar-refractivity contribution in [2.75, 3.05) is 31.2 Å². The molecule has 1 unspecified atom stereocenters. The first-order valence-corrected chi connectivity index (χ1v) is 9.97. The van der Waals surface area contributed by atoms with Gasteiger partial charge in [0.1, 0.15) is 5.82 Å². The van der Waals surface area contributed by atoms with Crippen molar-refractivity contribution in [2.24, 2.45) is 5.41 Å². The van der Waals surface area contributed by atoms with Gasteiger partial charge in [-0.15, -0.1) is 0 Å². The fourth-order valence-corrected chi connectivity index (χ4v) is 3.72. The maximum absolute atomic E-state index is 12.0. The van der Waals surface area contributed by atoms with Crippen LogP contribution >= 0.6 is 0 Å². The number of aromatic nitrogens is 1. The van der Waals surface area contributed by atoms with Crippen molar-refractivity contribution in [1.29, 1.82) is 0 Å². The van der Waals surface area contributed by atoms with Gasteiger partial charge in [0.2, 0.25) is 0 Å². The highest BCUT2D eigenvalue weighted by Gasteiger charge is 2.34. The van der Waals surface area contributed by atoms with Crippen LogP contribution in [0, 0.1) is 12.3 Å². The molecule has 2 aliphatic rings. The van der Waals surface area contributed by atoms with Gasteiger partial charge in [-0.3, -0.25) is 0 Å². The summed E-state index contributed by atoms with van der Waals surface area (Å²) in [5.41, 5.74) is 2.67. The Morgan fingerprint density at radius 3 is 2.44 bits per heavy atom. The number of morpholine rings is 1. The molecule has 2 heterocycles. The Bertz CT molecular complexity index is 701. The van der Waals surface area contributed by atoms with Gasteiger partial charge < -0.3 is 19.8 Å². The fraction of sp³-hybridized carbons (Fsp3) is 0.714. The molecular weight excluding hydrogens is 344 g/mol. The molecule has 0 amide bonds. The van der Waals surface area contributed by atoms with Gasteiger partial charge in [0.15, 0.2) is 0 Å². The van der Waals surface area contributed by atoms with Crippen LogP contribution in [0.25, 0.3) is 0 Å². The molecule has 150 valence electrons. The summed E-state index contributed by atoms with van der Waals surface area (Å²) in [5, 5.41) is 20.3. The van der Waals surface area contributed by atoms with E-state index in [0.717, 1.165) is 48.6 Å². The molecule has 1 aliphatic heterocycles. The molecule has 0 bridgehead atoms. The number of carboxylic acid groups (broad SMARTS) is 1. The first-order valence-electron chi connectivity index (χ1n) is 9.97. The van der Waals surface area contributed by atoms with E-state index in [9.17, 15) is 15.0 Å². The molecule has 0 aromatic carbocycles. The molecule has 1 aliphatic carbocycles. The molecule has 6 nitrogen and oxygen atoms in total. The maximum atomic E-state index is 12.0. The van der Waals surface area contributed by atoms with Crippen molar-refractivity contribution in [2.45, 2.75) is 65.4 Å². The number of carboxylic acids is 1. The van der Waals surface area contributed by atoms with E-state index in [2.05, 4.69) is 4.90 Å². The van der Waals surface area contributed by atoms with Gasteiger partial charge >= 0.3 is 5.97 Å². The summed E-state index contributed by atoms with van der Waals surface area (Å²) < 4.78 is 5.48. The Balaban J connectivity index is 2.01. The van der Waals surface area contributed by atoms with Crippen molar-refractivity contribution in [3.63, 3.8) is 0 Å². The summed E-state index contributed by atoms with van der Waals surface area (Å²) in [6.07, 6.45) is 2.78. The van der Waals surface area contributed by atoms with E-state index in [1.54, 1.807) is 0 Å². The number of hydrogen-bond acceptors (Lipinski definition) is 5. The first-order chi connectivity index (χ1) is 12.7. The van der Waals surface area contributed by atoms with Crippen LogP contribution in [0.5, 0.6) is 0 Å². The largest absolute Gasteiger partial charge is 0.478 e. The SMILES string of the molecule is Cc1c(CCC(O)C(C)(C)C)c(N2CCOCC2)nc(C2CC2)c1C(=O)O. The van der Waals surface area contributed by atoms with Crippen molar-refractivity contribution < 1.29 is 19.7 Å². The number of carbonyl (C=O) groups is 1. The number of aliphatic hydroxyl groups is 1. The predicted octanol–water partition coefficient (Wildman–Crippen LogP) is 3.14. The van der Waals surface area contributed by atoms with Gasteiger partial charge in [0.05, 0.1) is 30.6 Å². The van der Waals surface area contributed by atoms with Gasteiger partial charge in [0.25, 0.3) is 0 Å². The van der Waals surface area contributed by atoms with Gasteiger partial charge in [0, 0.05) is 19.0 Å². The highest BCUT2D eigenvalue weighted by molar-refractivity contribution is 5.92. The van der Waals surface area contributed by atoms with E-state index in [1.165, 1.54) is 0 Å². The van der Waals surface area contributed by atoms with E-state index in [-0.39, 0.29) is 11.3 Å². The first kappa shape index (κ1) is 20.1. The van der Waals surface area contributed by atoms with Crippen LogP contribution < -0.4 is 4.90 Å². The molecule has 3 rings (SSSR count). The van der Waals surface area contributed by atoms with Crippen LogP contribution in [0.4, 0.5) is 5.82 Å². The number of rotatable bonds is 6. The number of aliphatic hydroxyl groups excluding tert-OH is 1. The van der Waals surface area contributed by atoms with Gasteiger partial charge in [-0.1, -0.05) is 20.8 Å². The standard InChI is InChI=1S/C21H32N2O4/c1-13-15(7-8-16(24)21(2,3)4)19(23-9-11-27-12-10-23)22-18(14-5-6-14)17(13)20(25)26/h14,16,24H,5-12H2,1-4H3,(H,25,26). The van der Waals surface area contributed by atoms with Crippen molar-refractivity contribution in [1.82, 2.24) is 4.98 Å². The average Bonchev–Trinajstić information content (AvgIpc) is 3.44. The average molecular weight is 376 g/mol. The predicted molar refractivity (Wildman–Crippen MR) is 105 cm³/mol. The van der Waals surface area contributed by atoms with Crippen molar-refractivity contribution in [3.8, 4) is 0 Å². The van der Waals surface area contributed by atoms with Crippen molar-refractivity contribution in [3.05, 3.63) is 22.4 Å². The minimum absolute atomic E-state index is 0.204. The van der Waals surface area contributed by atoms with Gasteiger partial charge in [-0.05, 0) is 49.1 Å². The third-order valence-corrected chi connectivity index (χ3v) is 5.74. The van der Waals surface area contributed by atoms with E-state index in [1.807, 2.05) is 27.7 Å². The number of nitrogens with zero attached hydrogens (tertiary/aromatic N) is 2. The fourth-order valence-electron chi connectivity index (χ4n) is 3.72. The summed E-state index contributed by atoms with van der Waals surface area (Å²) in [6.45, 7) is 10.8. The van der Waals surface area contributed by atoms with Crippen LogP contribution in [-0.2, 0) is 11.2 Å². The van der Waals surface area contributed by atoms with E-state index in [4.69, 9.17) is 9.72 Å². The molecule has 2 fully saturated rings. The van der Waals surface area contributed by atoms with Crippen LogP contribution in [0.3, 0.4) is 0 Å². The van der Waals surface area contributed by atoms with Crippen LogP contribution in [-0.4, -0.2) is 53.6 Å². The zero-order chi connectivity index (χ0) is 19.8. The molecule has 1 aromatic heterocycles.